The third kappa shape index (κ3) is 10.9. The van der Waals surface area contributed by atoms with Gasteiger partial charge >= 0.3 is 5.97 Å². The Morgan fingerprint density at radius 3 is 2.51 bits per heavy atom. The van der Waals surface area contributed by atoms with Crippen LogP contribution in [0.4, 0.5) is 5.69 Å². The predicted octanol–water partition coefficient (Wildman–Crippen LogP) is 0.403. The fourth-order valence-corrected chi connectivity index (χ4v) is 2.88. The van der Waals surface area contributed by atoms with Crippen molar-refractivity contribution in [1.82, 2.24) is 10.6 Å². The van der Waals surface area contributed by atoms with Gasteiger partial charge in [0, 0.05) is 44.6 Å². The first-order chi connectivity index (χ1) is 16.7. The molecule has 1 heterocycles. The maximum Gasteiger partial charge on any atom is 0.334 e. The Kier molecular flexibility index (Phi) is 10.8. The zero-order valence-electron chi connectivity index (χ0n) is 19.0. The second-order valence-corrected chi connectivity index (χ2v) is 7.31. The second-order valence-electron chi connectivity index (χ2n) is 7.31. The minimum Gasteiger partial charge on any atom is -0.425 e. The molecule has 3 N–H and O–H groups in total. The summed E-state index contributed by atoms with van der Waals surface area (Å²) in [5, 5.41) is 16.8. The summed E-state index contributed by atoms with van der Waals surface area (Å²) >= 11 is 0. The van der Waals surface area contributed by atoms with Crippen molar-refractivity contribution in [3.8, 4) is 5.75 Å². The first kappa shape index (κ1) is 26.9. The molecule has 0 radical (unpaired) electrons. The highest BCUT2D eigenvalue weighted by molar-refractivity contribution is 6.32. The highest BCUT2D eigenvalue weighted by atomic mass is 16.9. The van der Waals surface area contributed by atoms with E-state index in [9.17, 15) is 29.3 Å². The van der Waals surface area contributed by atoms with Gasteiger partial charge in [-0.05, 0) is 30.7 Å². The van der Waals surface area contributed by atoms with E-state index >= 15 is 0 Å². The third-order valence-corrected chi connectivity index (χ3v) is 4.44. The summed E-state index contributed by atoms with van der Waals surface area (Å²) in [4.78, 5) is 70.2. The lowest BCUT2D eigenvalue weighted by Crippen LogP contribution is -2.45. The van der Waals surface area contributed by atoms with Crippen LogP contribution in [-0.2, 0) is 24.0 Å². The smallest absolute Gasteiger partial charge is 0.334 e. The van der Waals surface area contributed by atoms with Crippen LogP contribution in [0.3, 0.4) is 0 Å². The molecule has 0 fully saturated rings. The molecule has 14 nitrogen and oxygen atoms in total. The molecule has 3 amide bonds. The third-order valence-electron chi connectivity index (χ3n) is 4.44. The van der Waals surface area contributed by atoms with E-state index in [1.807, 2.05) is 0 Å². The fourth-order valence-electron chi connectivity index (χ4n) is 2.88. The molecule has 0 bridgehead atoms. The van der Waals surface area contributed by atoms with E-state index in [0.717, 1.165) is 0 Å². The number of ether oxygens (including phenoxy) is 1. The quantitative estimate of drug-likeness (QED) is 0.110. The molecule has 0 saturated heterocycles. The average Bonchev–Trinajstić information content (AvgIpc) is 3.30. The number of benzene rings is 1. The first-order valence-corrected chi connectivity index (χ1v) is 10.7. The molecule has 0 saturated carbocycles. The van der Waals surface area contributed by atoms with Crippen molar-refractivity contribution >= 4 is 41.3 Å². The number of nitrogens with zero attached hydrogens (tertiary/aromatic N) is 3. The predicted molar refractivity (Wildman–Crippen MR) is 124 cm³/mol. The van der Waals surface area contributed by atoms with Gasteiger partial charge in [0.1, 0.15) is 18.5 Å². The van der Waals surface area contributed by atoms with Gasteiger partial charge in [-0.2, -0.15) is 0 Å². The van der Waals surface area contributed by atoms with Gasteiger partial charge in [0.05, 0.1) is 12.3 Å². The lowest BCUT2D eigenvalue weighted by Gasteiger charge is -2.17. The maximum atomic E-state index is 12.7. The minimum atomic E-state index is -1.05. The van der Waals surface area contributed by atoms with Crippen molar-refractivity contribution in [2.75, 3.05) is 25.1 Å². The van der Waals surface area contributed by atoms with E-state index < -0.39 is 23.0 Å². The van der Waals surface area contributed by atoms with Crippen LogP contribution in [-0.4, -0.2) is 66.6 Å². The normalized spacial score (nSPS) is 12.8. The van der Waals surface area contributed by atoms with Crippen LogP contribution in [0.1, 0.15) is 32.6 Å². The van der Waals surface area contributed by atoms with Gasteiger partial charge in [0.2, 0.25) is 17.7 Å². The van der Waals surface area contributed by atoms with Crippen molar-refractivity contribution in [2.24, 2.45) is 9.98 Å². The molecule has 0 spiro atoms. The fraction of sp³-hybridized carbons (Fsp3) is 0.429. The molecular formula is C21H26N6O8. The van der Waals surface area contributed by atoms with Gasteiger partial charge in [-0.1, -0.05) is 0 Å². The summed E-state index contributed by atoms with van der Waals surface area (Å²) in [6.07, 6.45) is 1.64. The number of aliphatic imine (C=N–C) groups is 2. The lowest BCUT2D eigenvalue weighted by molar-refractivity contribution is -0.757. The van der Waals surface area contributed by atoms with Gasteiger partial charge in [-0.25, -0.2) is 4.79 Å². The van der Waals surface area contributed by atoms with E-state index in [1.165, 1.54) is 25.3 Å². The zero-order valence-corrected chi connectivity index (χ0v) is 19.0. The number of carbonyl (C=O) groups is 4. The topological polar surface area (TPSA) is 191 Å². The second kappa shape index (κ2) is 14.0. The molecular weight excluding hydrogens is 464 g/mol. The number of amides is 3. The van der Waals surface area contributed by atoms with Crippen molar-refractivity contribution in [3.63, 3.8) is 0 Å². The highest BCUT2D eigenvalue weighted by Gasteiger charge is 2.25. The molecule has 0 aromatic heterocycles. The number of carbonyl (C=O) groups excluding carboxylic acids is 4. The van der Waals surface area contributed by atoms with Crippen LogP contribution in [0.15, 0.2) is 34.3 Å². The molecule has 14 heteroatoms. The Bertz CT molecular complexity index is 992. The minimum absolute atomic E-state index is 0.00426. The zero-order chi connectivity index (χ0) is 25.6. The summed E-state index contributed by atoms with van der Waals surface area (Å²) in [5.74, 6) is -1.63. The van der Waals surface area contributed by atoms with Crippen LogP contribution in [0, 0.1) is 10.1 Å². The summed E-state index contributed by atoms with van der Waals surface area (Å²) in [7, 11) is 0. The molecule has 1 atom stereocenters. The molecule has 1 aliphatic rings. The number of rotatable bonds is 14. The Balaban J connectivity index is 1.85. The summed E-state index contributed by atoms with van der Waals surface area (Å²) < 4.78 is 5.37. The van der Waals surface area contributed by atoms with Gasteiger partial charge in [-0.15, -0.1) is 10.1 Å². The van der Waals surface area contributed by atoms with E-state index in [1.54, 1.807) is 12.1 Å². The Hall–Kier alpha value is -4.36. The van der Waals surface area contributed by atoms with Gasteiger partial charge < -0.3 is 25.5 Å². The SMILES string of the molecule is CC(=O)Nc1ccc(OC(=O)C(CC2=NCN=C2)NC(=O)CCNC(=O)CCCO[N+](=O)[O-])cc1. The summed E-state index contributed by atoms with van der Waals surface area (Å²) in [5.41, 5.74) is 1.06. The summed E-state index contributed by atoms with van der Waals surface area (Å²) in [6, 6.07) is 5.09. The molecule has 188 valence electrons. The van der Waals surface area contributed by atoms with Crippen LogP contribution in [0.2, 0.25) is 0 Å². The molecule has 1 aromatic carbocycles. The standard InChI is InChI=1S/C21H26N6O8/c1-14(28)25-15-4-6-17(7-5-15)35-21(31)18(11-16-12-22-13-24-16)26-20(30)8-9-23-19(29)3-2-10-34-27(32)33/h4-7,12,18H,2-3,8-11,13H2,1H3,(H,23,29)(H,25,28)(H,26,30). The lowest BCUT2D eigenvalue weighted by atomic mass is 10.1. The molecule has 0 aliphatic carbocycles. The van der Waals surface area contributed by atoms with E-state index in [0.29, 0.717) is 11.4 Å². The Morgan fingerprint density at radius 1 is 1.14 bits per heavy atom. The molecule has 35 heavy (non-hydrogen) atoms. The van der Waals surface area contributed by atoms with E-state index in [-0.39, 0.29) is 63.1 Å². The molecule has 2 rings (SSSR count). The van der Waals surface area contributed by atoms with Gasteiger partial charge in [0.15, 0.2) is 0 Å². The molecule has 1 unspecified atom stereocenters. The average molecular weight is 490 g/mol. The number of anilines is 1. The number of hydrogen-bond acceptors (Lipinski definition) is 10. The van der Waals surface area contributed by atoms with Crippen molar-refractivity contribution in [1.29, 1.82) is 0 Å². The van der Waals surface area contributed by atoms with Crippen molar-refractivity contribution in [2.45, 2.75) is 38.6 Å². The van der Waals surface area contributed by atoms with Crippen molar-refractivity contribution < 1.29 is 33.8 Å². The van der Waals surface area contributed by atoms with Crippen LogP contribution in [0.5, 0.6) is 5.75 Å². The highest BCUT2D eigenvalue weighted by Crippen LogP contribution is 2.17. The van der Waals surface area contributed by atoms with E-state index in [4.69, 9.17) is 4.74 Å². The van der Waals surface area contributed by atoms with Crippen LogP contribution < -0.4 is 20.7 Å². The molecule has 1 aromatic rings. The van der Waals surface area contributed by atoms with Gasteiger partial charge in [0.25, 0.3) is 5.09 Å². The van der Waals surface area contributed by atoms with E-state index in [2.05, 4.69) is 30.8 Å². The number of esters is 1. The number of nitrogens with one attached hydrogen (secondary N) is 3. The monoisotopic (exact) mass is 490 g/mol. The van der Waals surface area contributed by atoms with Crippen LogP contribution in [0.25, 0.3) is 0 Å². The molecule has 1 aliphatic heterocycles. The largest absolute Gasteiger partial charge is 0.425 e. The Labute approximate surface area is 200 Å². The van der Waals surface area contributed by atoms with Crippen LogP contribution >= 0.6 is 0 Å². The Morgan fingerprint density at radius 2 is 1.89 bits per heavy atom. The maximum absolute atomic E-state index is 12.7. The van der Waals surface area contributed by atoms with Gasteiger partial charge in [-0.3, -0.25) is 24.4 Å². The van der Waals surface area contributed by atoms with Crippen molar-refractivity contribution in [3.05, 3.63) is 34.4 Å². The first-order valence-electron chi connectivity index (χ1n) is 10.7. The number of hydrogen-bond donors (Lipinski definition) is 3. The summed E-state index contributed by atoms with van der Waals surface area (Å²) in [6.45, 7) is 1.42.